The van der Waals surface area contributed by atoms with E-state index in [-0.39, 0.29) is 5.69 Å². The first-order valence-electron chi connectivity index (χ1n) is 7.46. The summed E-state index contributed by atoms with van der Waals surface area (Å²) in [5.74, 6) is 1.45. The molecule has 0 N–H and O–H groups in total. The molecule has 2 aromatic heterocycles. The predicted octanol–water partition coefficient (Wildman–Crippen LogP) is 4.16. The topological polar surface area (TPSA) is 87.4 Å². The van der Waals surface area contributed by atoms with Crippen LogP contribution in [0.3, 0.4) is 0 Å². The van der Waals surface area contributed by atoms with E-state index in [1.54, 1.807) is 44.5 Å². The van der Waals surface area contributed by atoms with Crippen LogP contribution in [0.25, 0.3) is 11.1 Å². The third-order valence-electron chi connectivity index (χ3n) is 3.61. The van der Waals surface area contributed by atoms with Gasteiger partial charge in [0, 0.05) is 29.5 Å². The van der Waals surface area contributed by atoms with E-state index < -0.39 is 4.92 Å². The van der Waals surface area contributed by atoms with E-state index in [0.717, 1.165) is 11.1 Å². The molecule has 7 heteroatoms. The van der Waals surface area contributed by atoms with Gasteiger partial charge in [0.25, 0.3) is 5.69 Å². The summed E-state index contributed by atoms with van der Waals surface area (Å²) in [6.07, 6.45) is 2.93. The third kappa shape index (κ3) is 3.72. The van der Waals surface area contributed by atoms with Crippen LogP contribution in [-0.4, -0.2) is 22.0 Å². The molecule has 1 aromatic carbocycles. The van der Waals surface area contributed by atoms with E-state index in [0.29, 0.717) is 23.1 Å². The van der Waals surface area contributed by atoms with E-state index in [1.807, 2.05) is 18.2 Å². The average molecular weight is 337 g/mol. The number of benzene rings is 1. The first kappa shape index (κ1) is 16.4. The number of nitro groups is 1. The van der Waals surface area contributed by atoms with Gasteiger partial charge >= 0.3 is 0 Å². The minimum absolute atomic E-state index is 0.0327. The Morgan fingerprint density at radius 2 is 1.64 bits per heavy atom. The van der Waals surface area contributed by atoms with E-state index >= 15 is 0 Å². The smallest absolute Gasteiger partial charge is 0.290 e. The van der Waals surface area contributed by atoms with Crippen molar-refractivity contribution in [3.8, 4) is 28.6 Å². The van der Waals surface area contributed by atoms with Crippen molar-refractivity contribution in [1.29, 1.82) is 0 Å². The number of hydrogen-bond acceptors (Lipinski definition) is 6. The molecule has 3 aromatic rings. The molecule has 0 saturated heterocycles. The summed E-state index contributed by atoms with van der Waals surface area (Å²) in [7, 11) is 1.57. The van der Waals surface area contributed by atoms with Gasteiger partial charge in [0.2, 0.25) is 11.8 Å². The lowest BCUT2D eigenvalue weighted by atomic mass is 10.1. The van der Waals surface area contributed by atoms with Gasteiger partial charge in [-0.1, -0.05) is 12.1 Å². The standard InChI is InChI=1S/C18H15N3O4/c1-12-9-18(20-11-16(12)21(22)23)25-15-6-3-13(4-7-15)14-5-8-17(24-2)19-10-14/h3-11H,1-2H3. The van der Waals surface area contributed by atoms with Gasteiger partial charge in [-0.2, -0.15) is 0 Å². The molecule has 0 bridgehead atoms. The van der Waals surface area contributed by atoms with Crippen LogP contribution in [-0.2, 0) is 0 Å². The van der Waals surface area contributed by atoms with Crippen LogP contribution in [0.4, 0.5) is 5.69 Å². The normalized spacial score (nSPS) is 10.3. The van der Waals surface area contributed by atoms with Gasteiger partial charge in [-0.15, -0.1) is 0 Å². The highest BCUT2D eigenvalue weighted by molar-refractivity contribution is 5.63. The Balaban J connectivity index is 1.76. The quantitative estimate of drug-likeness (QED) is 0.513. The highest BCUT2D eigenvalue weighted by atomic mass is 16.6. The Morgan fingerprint density at radius 1 is 0.960 bits per heavy atom. The SMILES string of the molecule is COc1ccc(-c2ccc(Oc3cc(C)c([N+](=O)[O-])cn3)cc2)cn1. The van der Waals surface area contributed by atoms with Crippen LogP contribution < -0.4 is 9.47 Å². The lowest BCUT2D eigenvalue weighted by Crippen LogP contribution is -1.95. The van der Waals surface area contributed by atoms with Gasteiger partial charge in [0.15, 0.2) is 0 Å². The van der Waals surface area contributed by atoms with Crippen molar-refractivity contribution < 1.29 is 14.4 Å². The molecule has 0 unspecified atom stereocenters. The summed E-state index contributed by atoms with van der Waals surface area (Å²) < 4.78 is 10.7. The Kier molecular flexibility index (Phi) is 4.56. The second kappa shape index (κ2) is 6.96. The van der Waals surface area contributed by atoms with Crippen LogP contribution >= 0.6 is 0 Å². The van der Waals surface area contributed by atoms with Crippen molar-refractivity contribution in [2.24, 2.45) is 0 Å². The van der Waals surface area contributed by atoms with Crippen molar-refractivity contribution in [1.82, 2.24) is 9.97 Å². The molecule has 0 saturated carbocycles. The van der Waals surface area contributed by atoms with Gasteiger partial charge in [0.05, 0.1) is 12.0 Å². The van der Waals surface area contributed by atoms with Crippen LogP contribution in [0.2, 0.25) is 0 Å². The summed E-state index contributed by atoms with van der Waals surface area (Å²) in [5, 5.41) is 10.8. The highest BCUT2D eigenvalue weighted by Gasteiger charge is 2.12. The Bertz CT molecular complexity index is 893. The summed E-state index contributed by atoms with van der Waals surface area (Å²) in [6, 6.07) is 12.7. The molecule has 0 spiro atoms. The maximum Gasteiger partial charge on any atom is 0.290 e. The van der Waals surface area contributed by atoms with Gasteiger partial charge in [0.1, 0.15) is 11.9 Å². The molecule has 2 heterocycles. The number of methoxy groups -OCH3 is 1. The van der Waals surface area contributed by atoms with Crippen molar-refractivity contribution in [2.75, 3.05) is 7.11 Å². The number of ether oxygens (including phenoxy) is 2. The largest absolute Gasteiger partial charge is 0.481 e. The molecular weight excluding hydrogens is 322 g/mol. The predicted molar refractivity (Wildman–Crippen MR) is 91.9 cm³/mol. The molecule has 126 valence electrons. The Hall–Kier alpha value is -3.48. The fourth-order valence-corrected chi connectivity index (χ4v) is 2.28. The zero-order chi connectivity index (χ0) is 17.8. The van der Waals surface area contributed by atoms with E-state index in [4.69, 9.17) is 9.47 Å². The molecule has 0 radical (unpaired) electrons. The third-order valence-corrected chi connectivity index (χ3v) is 3.61. The molecular formula is C18H15N3O4. The number of rotatable bonds is 5. The zero-order valence-electron chi connectivity index (χ0n) is 13.7. The van der Waals surface area contributed by atoms with Gasteiger partial charge < -0.3 is 9.47 Å². The molecule has 0 atom stereocenters. The van der Waals surface area contributed by atoms with Crippen molar-refractivity contribution >= 4 is 5.69 Å². The fraction of sp³-hybridized carbons (Fsp3) is 0.111. The molecule has 0 aliphatic carbocycles. The maximum atomic E-state index is 10.8. The number of pyridine rings is 2. The van der Waals surface area contributed by atoms with Crippen molar-refractivity contribution in [2.45, 2.75) is 6.92 Å². The monoisotopic (exact) mass is 337 g/mol. The summed E-state index contributed by atoms with van der Waals surface area (Å²) in [6.45, 7) is 1.65. The van der Waals surface area contributed by atoms with Gasteiger partial charge in [-0.3, -0.25) is 10.1 Å². The maximum absolute atomic E-state index is 10.8. The lowest BCUT2D eigenvalue weighted by Gasteiger charge is -2.07. The first-order chi connectivity index (χ1) is 12.1. The van der Waals surface area contributed by atoms with Crippen LogP contribution in [0, 0.1) is 17.0 Å². The number of aromatic nitrogens is 2. The van der Waals surface area contributed by atoms with E-state index in [2.05, 4.69) is 9.97 Å². The number of aryl methyl sites for hydroxylation is 1. The molecule has 0 amide bonds. The van der Waals surface area contributed by atoms with Crippen LogP contribution in [0.1, 0.15) is 5.56 Å². The fourth-order valence-electron chi connectivity index (χ4n) is 2.28. The van der Waals surface area contributed by atoms with Crippen molar-refractivity contribution in [3.05, 3.63) is 70.5 Å². The Morgan fingerprint density at radius 3 is 2.20 bits per heavy atom. The average Bonchev–Trinajstić information content (AvgIpc) is 2.62. The van der Waals surface area contributed by atoms with Gasteiger partial charge in [-0.05, 0) is 30.7 Å². The molecule has 7 nitrogen and oxygen atoms in total. The van der Waals surface area contributed by atoms with Crippen LogP contribution in [0.5, 0.6) is 17.5 Å². The zero-order valence-corrected chi connectivity index (χ0v) is 13.7. The first-order valence-corrected chi connectivity index (χ1v) is 7.46. The molecule has 0 aliphatic rings. The van der Waals surface area contributed by atoms with E-state index in [1.165, 1.54) is 6.20 Å². The second-order valence-corrected chi connectivity index (χ2v) is 5.28. The minimum atomic E-state index is -0.468. The number of nitrogens with zero attached hydrogens (tertiary/aromatic N) is 3. The van der Waals surface area contributed by atoms with Crippen molar-refractivity contribution in [3.63, 3.8) is 0 Å². The number of hydrogen-bond donors (Lipinski definition) is 0. The summed E-state index contributed by atoms with van der Waals surface area (Å²) in [5.41, 5.74) is 2.40. The molecule has 0 fully saturated rings. The lowest BCUT2D eigenvalue weighted by molar-refractivity contribution is -0.385. The minimum Gasteiger partial charge on any atom is -0.481 e. The molecule has 3 rings (SSSR count). The molecule has 25 heavy (non-hydrogen) atoms. The second-order valence-electron chi connectivity index (χ2n) is 5.28. The van der Waals surface area contributed by atoms with Gasteiger partial charge in [-0.25, -0.2) is 9.97 Å². The summed E-state index contributed by atoms with van der Waals surface area (Å²) >= 11 is 0. The summed E-state index contributed by atoms with van der Waals surface area (Å²) in [4.78, 5) is 18.5. The highest BCUT2D eigenvalue weighted by Crippen LogP contribution is 2.27. The Labute approximate surface area is 144 Å². The van der Waals surface area contributed by atoms with E-state index in [9.17, 15) is 10.1 Å². The van der Waals surface area contributed by atoms with Crippen LogP contribution in [0.15, 0.2) is 54.9 Å². The molecule has 0 aliphatic heterocycles.